The first-order chi connectivity index (χ1) is 11.6. The normalized spacial score (nSPS) is 12.1. The fraction of sp³-hybridized carbons (Fsp3) is 0.278. The number of carbonyl (C=O) groups is 1. The van der Waals surface area contributed by atoms with E-state index in [-0.39, 0.29) is 28.8 Å². The van der Waals surface area contributed by atoms with Crippen LogP contribution in [0.1, 0.15) is 29.8 Å². The Balaban J connectivity index is 2.14. The summed E-state index contributed by atoms with van der Waals surface area (Å²) in [4.78, 5) is 12.2. The van der Waals surface area contributed by atoms with Crippen LogP contribution in [0.5, 0.6) is 0 Å². The SMILES string of the molecule is CC(C)(CNC(=O)c1ccccc1SC(F)(F)F)c1ccccc1F. The molecular formula is C18H17F4NOS. The van der Waals surface area contributed by atoms with Crippen LogP contribution in [0, 0.1) is 5.82 Å². The van der Waals surface area contributed by atoms with Crippen molar-refractivity contribution in [2.24, 2.45) is 0 Å². The van der Waals surface area contributed by atoms with Gasteiger partial charge >= 0.3 is 5.51 Å². The number of carbonyl (C=O) groups excluding carboxylic acids is 1. The molecule has 2 aromatic rings. The number of alkyl halides is 3. The number of hydrogen-bond donors (Lipinski definition) is 1. The smallest absolute Gasteiger partial charge is 0.351 e. The van der Waals surface area contributed by atoms with Gasteiger partial charge in [0.1, 0.15) is 5.82 Å². The highest BCUT2D eigenvalue weighted by atomic mass is 32.2. The van der Waals surface area contributed by atoms with Gasteiger partial charge in [-0.15, -0.1) is 0 Å². The maximum atomic E-state index is 13.9. The maximum Gasteiger partial charge on any atom is 0.446 e. The van der Waals surface area contributed by atoms with Gasteiger partial charge in [-0.1, -0.05) is 44.2 Å². The van der Waals surface area contributed by atoms with Crippen molar-refractivity contribution in [2.45, 2.75) is 29.7 Å². The molecule has 0 radical (unpaired) electrons. The van der Waals surface area contributed by atoms with Crippen molar-refractivity contribution in [3.8, 4) is 0 Å². The molecule has 0 unspecified atom stereocenters. The van der Waals surface area contributed by atoms with Crippen molar-refractivity contribution in [1.29, 1.82) is 0 Å². The number of hydrogen-bond acceptors (Lipinski definition) is 2. The number of rotatable bonds is 5. The molecule has 0 atom stereocenters. The van der Waals surface area contributed by atoms with Crippen LogP contribution >= 0.6 is 11.8 Å². The Kier molecular flexibility index (Phi) is 5.77. The van der Waals surface area contributed by atoms with E-state index in [1.165, 1.54) is 30.3 Å². The van der Waals surface area contributed by atoms with E-state index in [1.54, 1.807) is 32.0 Å². The van der Waals surface area contributed by atoms with Gasteiger partial charge in [0.25, 0.3) is 5.91 Å². The Hall–Kier alpha value is -2.02. The largest absolute Gasteiger partial charge is 0.446 e. The molecule has 0 aliphatic heterocycles. The lowest BCUT2D eigenvalue weighted by Gasteiger charge is -2.26. The summed E-state index contributed by atoms with van der Waals surface area (Å²) < 4.78 is 51.8. The van der Waals surface area contributed by atoms with Crippen LogP contribution in [-0.4, -0.2) is 18.0 Å². The van der Waals surface area contributed by atoms with Gasteiger partial charge in [-0.2, -0.15) is 13.2 Å². The third kappa shape index (κ3) is 5.22. The van der Waals surface area contributed by atoms with Gasteiger partial charge in [0.05, 0.1) is 5.56 Å². The van der Waals surface area contributed by atoms with Gasteiger partial charge in [0.15, 0.2) is 0 Å². The van der Waals surface area contributed by atoms with Crippen LogP contribution < -0.4 is 5.32 Å². The second-order valence-electron chi connectivity index (χ2n) is 6.09. The summed E-state index contributed by atoms with van der Waals surface area (Å²) in [6.45, 7) is 3.59. The van der Waals surface area contributed by atoms with E-state index in [1.807, 2.05) is 0 Å². The summed E-state index contributed by atoms with van der Waals surface area (Å²) in [5, 5.41) is 2.60. The van der Waals surface area contributed by atoms with Crippen molar-refractivity contribution in [2.75, 3.05) is 6.54 Å². The van der Waals surface area contributed by atoms with Crippen LogP contribution in [-0.2, 0) is 5.41 Å². The third-order valence-corrected chi connectivity index (χ3v) is 4.46. The number of thioether (sulfide) groups is 1. The molecule has 2 aromatic carbocycles. The number of amides is 1. The molecule has 1 N–H and O–H groups in total. The summed E-state index contributed by atoms with van der Waals surface area (Å²) in [7, 11) is 0. The quantitative estimate of drug-likeness (QED) is 0.582. The van der Waals surface area contributed by atoms with E-state index in [9.17, 15) is 22.4 Å². The minimum atomic E-state index is -4.48. The van der Waals surface area contributed by atoms with Gasteiger partial charge in [0.2, 0.25) is 0 Å². The Labute approximate surface area is 147 Å². The van der Waals surface area contributed by atoms with Gasteiger partial charge < -0.3 is 5.32 Å². The van der Waals surface area contributed by atoms with E-state index in [0.717, 1.165) is 0 Å². The minimum absolute atomic E-state index is 0.0610. The fourth-order valence-electron chi connectivity index (χ4n) is 2.37. The molecule has 7 heteroatoms. The first-order valence-corrected chi connectivity index (χ1v) is 8.30. The summed E-state index contributed by atoms with van der Waals surface area (Å²) in [5.41, 5.74) is -4.84. The Bertz CT molecular complexity index is 759. The lowest BCUT2D eigenvalue weighted by Crippen LogP contribution is -2.37. The standard InChI is InChI=1S/C18H17F4NOS/c1-17(2,13-8-4-5-9-14(13)19)11-23-16(24)12-7-3-6-10-15(12)25-18(20,21)22/h3-10H,11H2,1-2H3,(H,23,24). The predicted octanol–water partition coefficient (Wildman–Crippen LogP) is 5.15. The molecule has 0 aliphatic rings. The van der Waals surface area contributed by atoms with Crippen LogP contribution in [0.15, 0.2) is 53.4 Å². The Morgan fingerprint density at radius 2 is 1.64 bits per heavy atom. The number of nitrogens with one attached hydrogen (secondary N) is 1. The minimum Gasteiger partial charge on any atom is -0.351 e. The van der Waals surface area contributed by atoms with Crippen molar-refractivity contribution in [1.82, 2.24) is 5.32 Å². The second kappa shape index (κ2) is 7.47. The highest BCUT2D eigenvalue weighted by molar-refractivity contribution is 8.00. The van der Waals surface area contributed by atoms with Gasteiger partial charge in [-0.05, 0) is 35.5 Å². The molecular weight excluding hydrogens is 354 g/mol. The molecule has 0 fully saturated rings. The fourth-order valence-corrected chi connectivity index (χ4v) is 3.04. The van der Waals surface area contributed by atoms with Gasteiger partial charge in [-0.3, -0.25) is 4.79 Å². The van der Waals surface area contributed by atoms with E-state index >= 15 is 0 Å². The Morgan fingerprint density at radius 1 is 1.04 bits per heavy atom. The zero-order valence-electron chi connectivity index (χ0n) is 13.7. The number of benzene rings is 2. The summed E-state index contributed by atoms with van der Waals surface area (Å²) in [6, 6.07) is 11.7. The molecule has 1 amide bonds. The van der Waals surface area contributed by atoms with E-state index in [2.05, 4.69) is 5.32 Å². The van der Waals surface area contributed by atoms with E-state index in [0.29, 0.717) is 5.56 Å². The molecule has 0 aliphatic carbocycles. The lowest BCUT2D eigenvalue weighted by molar-refractivity contribution is -0.0328. The zero-order valence-corrected chi connectivity index (χ0v) is 14.5. The molecule has 2 rings (SSSR count). The topological polar surface area (TPSA) is 29.1 Å². The van der Waals surface area contributed by atoms with E-state index < -0.39 is 22.6 Å². The molecule has 0 saturated carbocycles. The molecule has 134 valence electrons. The summed E-state index contributed by atoms with van der Waals surface area (Å²) >= 11 is -0.333. The summed E-state index contributed by atoms with van der Waals surface area (Å²) in [5.74, 6) is -1.02. The average molecular weight is 371 g/mol. The van der Waals surface area contributed by atoms with Crippen LogP contribution in [0.25, 0.3) is 0 Å². The van der Waals surface area contributed by atoms with Gasteiger partial charge in [0, 0.05) is 16.9 Å². The van der Waals surface area contributed by atoms with Crippen molar-refractivity contribution in [3.63, 3.8) is 0 Å². The lowest BCUT2D eigenvalue weighted by atomic mass is 9.84. The van der Waals surface area contributed by atoms with Crippen LogP contribution in [0.3, 0.4) is 0 Å². The number of halogens is 4. The van der Waals surface area contributed by atoms with E-state index in [4.69, 9.17) is 0 Å². The average Bonchev–Trinajstić information content (AvgIpc) is 2.52. The highest BCUT2D eigenvalue weighted by Crippen LogP contribution is 2.38. The van der Waals surface area contributed by atoms with Crippen molar-refractivity contribution >= 4 is 17.7 Å². The molecule has 0 bridgehead atoms. The van der Waals surface area contributed by atoms with Crippen molar-refractivity contribution in [3.05, 3.63) is 65.5 Å². The van der Waals surface area contributed by atoms with Gasteiger partial charge in [-0.25, -0.2) is 4.39 Å². The third-order valence-electron chi connectivity index (χ3n) is 3.65. The monoisotopic (exact) mass is 371 g/mol. The molecule has 2 nitrogen and oxygen atoms in total. The molecule has 0 saturated heterocycles. The first kappa shape index (κ1) is 19.3. The maximum absolute atomic E-state index is 13.9. The van der Waals surface area contributed by atoms with Crippen LogP contribution in [0.4, 0.5) is 17.6 Å². The molecule has 0 heterocycles. The highest BCUT2D eigenvalue weighted by Gasteiger charge is 2.31. The molecule has 0 spiro atoms. The second-order valence-corrected chi connectivity index (χ2v) is 7.20. The first-order valence-electron chi connectivity index (χ1n) is 7.48. The van der Waals surface area contributed by atoms with Crippen LogP contribution in [0.2, 0.25) is 0 Å². The predicted molar refractivity (Wildman–Crippen MR) is 90.1 cm³/mol. The molecule has 0 aromatic heterocycles. The molecule has 25 heavy (non-hydrogen) atoms. The zero-order chi connectivity index (χ0) is 18.7. The Morgan fingerprint density at radius 3 is 2.28 bits per heavy atom. The van der Waals surface area contributed by atoms with Crippen molar-refractivity contribution < 1.29 is 22.4 Å². The summed E-state index contributed by atoms with van der Waals surface area (Å²) in [6.07, 6.45) is 0.